The number of halogens is 4. The third kappa shape index (κ3) is 2.50. The van der Waals surface area contributed by atoms with Crippen LogP contribution in [0, 0.1) is 24.0 Å². The molecule has 1 saturated carbocycles. The average Bonchev–Trinajstić information content (AvgIpc) is 3.09. The predicted octanol–water partition coefficient (Wildman–Crippen LogP) is 4.44. The Morgan fingerprint density at radius 1 is 1.13 bits per heavy atom. The van der Waals surface area contributed by atoms with Crippen LogP contribution in [0.3, 0.4) is 0 Å². The lowest BCUT2D eigenvalue weighted by molar-refractivity contribution is 0.0462. The molecule has 1 N–H and O–H groups in total. The lowest BCUT2D eigenvalue weighted by Gasteiger charge is -2.24. The van der Waals surface area contributed by atoms with Crippen LogP contribution in [0.25, 0.3) is 33.5 Å². The zero-order chi connectivity index (χ0) is 21.5. The monoisotopic (exact) mass is 428 g/mol. The molecule has 2 aliphatic rings. The molecule has 0 unspecified atom stereocenters. The minimum absolute atomic E-state index is 0.0454. The average molecular weight is 428 g/mol. The van der Waals surface area contributed by atoms with E-state index in [2.05, 4.69) is 25.3 Å². The number of fused-ring (bicyclic) bond motifs is 2. The highest BCUT2D eigenvalue weighted by Crippen LogP contribution is 2.65. The molecular weight excluding hydrogens is 412 g/mol. The first-order valence-electron chi connectivity index (χ1n) is 9.89. The standard InChI is InChI=1S/C21H16F4N6/c1-10-17(23)15(12-7-27-29-19(12)28-10)16-14-4-5-20(8-21(20,24)25)9-31(14)30-18(16)13-3-2-11(22)6-26-13/h2-3,6-7H,4-5,8-9H2,1H3,(H,27,28,29)/t20-/m1/s1. The molecule has 158 valence electrons. The summed E-state index contributed by atoms with van der Waals surface area (Å²) in [4.78, 5) is 8.32. The van der Waals surface area contributed by atoms with E-state index < -0.39 is 23.0 Å². The molecule has 31 heavy (non-hydrogen) atoms. The summed E-state index contributed by atoms with van der Waals surface area (Å²) in [5.74, 6) is -3.78. The maximum atomic E-state index is 15.4. The molecule has 10 heteroatoms. The number of nitrogens with zero attached hydrogens (tertiary/aromatic N) is 5. The molecule has 5 heterocycles. The zero-order valence-corrected chi connectivity index (χ0v) is 16.4. The van der Waals surface area contributed by atoms with Crippen LogP contribution in [0.5, 0.6) is 0 Å². The van der Waals surface area contributed by atoms with Crippen LogP contribution in [0.15, 0.2) is 24.5 Å². The first kappa shape index (κ1) is 18.5. The molecule has 1 fully saturated rings. The van der Waals surface area contributed by atoms with Gasteiger partial charge in [0, 0.05) is 28.6 Å². The van der Waals surface area contributed by atoms with Crippen molar-refractivity contribution in [3.8, 4) is 22.5 Å². The highest BCUT2D eigenvalue weighted by atomic mass is 19.3. The van der Waals surface area contributed by atoms with Crippen LogP contribution in [0.4, 0.5) is 17.6 Å². The molecule has 4 aromatic heterocycles. The van der Waals surface area contributed by atoms with Gasteiger partial charge in [-0.25, -0.2) is 22.5 Å². The number of aromatic amines is 1. The van der Waals surface area contributed by atoms with Crippen molar-refractivity contribution in [1.82, 2.24) is 29.9 Å². The van der Waals surface area contributed by atoms with Crippen molar-refractivity contribution >= 4 is 11.0 Å². The first-order chi connectivity index (χ1) is 14.8. The van der Waals surface area contributed by atoms with E-state index in [9.17, 15) is 13.2 Å². The Balaban J connectivity index is 1.64. The number of H-pyrrole nitrogens is 1. The van der Waals surface area contributed by atoms with Crippen LogP contribution in [-0.2, 0) is 13.0 Å². The van der Waals surface area contributed by atoms with E-state index in [1.807, 2.05) is 0 Å². The van der Waals surface area contributed by atoms with Crippen molar-refractivity contribution in [2.24, 2.45) is 5.41 Å². The van der Waals surface area contributed by atoms with E-state index in [-0.39, 0.29) is 30.6 Å². The summed E-state index contributed by atoms with van der Waals surface area (Å²) >= 11 is 0. The highest BCUT2D eigenvalue weighted by molar-refractivity contribution is 5.97. The van der Waals surface area contributed by atoms with Gasteiger partial charge in [0.05, 0.1) is 35.7 Å². The maximum absolute atomic E-state index is 15.4. The van der Waals surface area contributed by atoms with Crippen LogP contribution in [0.2, 0.25) is 0 Å². The Morgan fingerprint density at radius 3 is 2.65 bits per heavy atom. The summed E-state index contributed by atoms with van der Waals surface area (Å²) in [6.45, 7) is 1.59. The largest absolute Gasteiger partial charge is 0.267 e. The van der Waals surface area contributed by atoms with Gasteiger partial charge in [-0.1, -0.05) is 0 Å². The highest BCUT2D eigenvalue weighted by Gasteiger charge is 2.71. The van der Waals surface area contributed by atoms with Crippen molar-refractivity contribution in [2.75, 3.05) is 0 Å². The van der Waals surface area contributed by atoms with E-state index in [4.69, 9.17) is 0 Å². The van der Waals surface area contributed by atoms with Gasteiger partial charge >= 0.3 is 0 Å². The fourth-order valence-electron chi connectivity index (χ4n) is 4.69. The topological polar surface area (TPSA) is 72.3 Å². The summed E-state index contributed by atoms with van der Waals surface area (Å²) < 4.78 is 58.6. The Labute approximate surface area is 173 Å². The Kier molecular flexibility index (Phi) is 3.51. The summed E-state index contributed by atoms with van der Waals surface area (Å²) in [5, 5.41) is 11.8. The Morgan fingerprint density at radius 2 is 1.94 bits per heavy atom. The Bertz CT molecular complexity index is 1360. The molecule has 6 nitrogen and oxygen atoms in total. The van der Waals surface area contributed by atoms with E-state index in [1.165, 1.54) is 18.3 Å². The molecule has 1 atom stereocenters. The van der Waals surface area contributed by atoms with Crippen molar-refractivity contribution in [1.29, 1.82) is 0 Å². The number of rotatable bonds is 2. The third-order valence-corrected chi connectivity index (χ3v) is 6.49. The molecule has 1 aliphatic heterocycles. The smallest absolute Gasteiger partial charge is 0.256 e. The van der Waals surface area contributed by atoms with Gasteiger partial charge in [-0.3, -0.25) is 14.8 Å². The van der Waals surface area contributed by atoms with Gasteiger partial charge in [0.1, 0.15) is 11.5 Å². The minimum atomic E-state index is -2.72. The van der Waals surface area contributed by atoms with Crippen LogP contribution < -0.4 is 0 Å². The van der Waals surface area contributed by atoms with Gasteiger partial charge in [-0.05, 0) is 31.9 Å². The molecule has 1 aliphatic carbocycles. The minimum Gasteiger partial charge on any atom is -0.267 e. The fourth-order valence-corrected chi connectivity index (χ4v) is 4.69. The lowest BCUT2D eigenvalue weighted by atomic mass is 9.90. The summed E-state index contributed by atoms with van der Waals surface area (Å²) in [6, 6.07) is 2.69. The van der Waals surface area contributed by atoms with Crippen molar-refractivity contribution in [2.45, 2.75) is 38.7 Å². The van der Waals surface area contributed by atoms with Gasteiger partial charge in [-0.2, -0.15) is 10.2 Å². The maximum Gasteiger partial charge on any atom is 0.256 e. The number of pyridine rings is 2. The van der Waals surface area contributed by atoms with Gasteiger partial charge in [0.15, 0.2) is 11.5 Å². The van der Waals surface area contributed by atoms with Crippen LogP contribution in [0.1, 0.15) is 24.2 Å². The molecular formula is C21H16F4N6. The van der Waals surface area contributed by atoms with Gasteiger partial charge in [0.2, 0.25) is 0 Å². The van der Waals surface area contributed by atoms with Gasteiger partial charge in [-0.15, -0.1) is 0 Å². The van der Waals surface area contributed by atoms with Gasteiger partial charge in [0.25, 0.3) is 5.92 Å². The molecule has 1 spiro atoms. The first-order valence-corrected chi connectivity index (χ1v) is 9.89. The molecule has 0 bridgehead atoms. The Hall–Kier alpha value is -3.30. The quantitative estimate of drug-likeness (QED) is 0.479. The second kappa shape index (κ2) is 5.89. The summed E-state index contributed by atoms with van der Waals surface area (Å²) in [7, 11) is 0. The molecule has 0 saturated heterocycles. The van der Waals surface area contributed by atoms with Crippen molar-refractivity contribution < 1.29 is 17.6 Å². The molecule has 0 aromatic carbocycles. The van der Waals surface area contributed by atoms with Crippen molar-refractivity contribution in [3.63, 3.8) is 0 Å². The lowest BCUT2D eigenvalue weighted by Crippen LogP contribution is -2.27. The van der Waals surface area contributed by atoms with E-state index in [0.29, 0.717) is 40.1 Å². The predicted molar refractivity (Wildman–Crippen MR) is 103 cm³/mol. The number of aromatic nitrogens is 6. The molecule has 0 amide bonds. The van der Waals surface area contributed by atoms with Crippen LogP contribution in [-0.4, -0.2) is 35.9 Å². The molecule has 4 aromatic rings. The number of hydrogen-bond acceptors (Lipinski definition) is 4. The van der Waals surface area contributed by atoms with Crippen LogP contribution >= 0.6 is 0 Å². The van der Waals surface area contributed by atoms with E-state index in [0.717, 1.165) is 6.20 Å². The SMILES string of the molecule is Cc1nc2[nH]ncc2c(-c2c(-c3ccc(F)cn3)nn3c2CC[C@]2(C3)CC2(F)F)c1F. The zero-order valence-electron chi connectivity index (χ0n) is 16.4. The molecule has 6 rings (SSSR count). The second-order valence-corrected chi connectivity index (χ2v) is 8.37. The van der Waals surface area contributed by atoms with Crippen molar-refractivity contribution in [3.05, 3.63) is 47.5 Å². The van der Waals surface area contributed by atoms with E-state index >= 15 is 4.39 Å². The summed E-state index contributed by atoms with van der Waals surface area (Å²) in [6.07, 6.45) is 2.96. The number of nitrogens with one attached hydrogen (secondary N) is 1. The summed E-state index contributed by atoms with van der Waals surface area (Å²) in [5.41, 5.74) is 1.50. The van der Waals surface area contributed by atoms with E-state index in [1.54, 1.807) is 11.6 Å². The second-order valence-electron chi connectivity index (χ2n) is 8.37. The fraction of sp³-hybridized carbons (Fsp3) is 0.333. The normalized spacial score (nSPS) is 21.6. The molecule has 0 radical (unpaired) electrons. The van der Waals surface area contributed by atoms with Gasteiger partial charge < -0.3 is 0 Å². The number of aryl methyl sites for hydroxylation is 1. The number of alkyl halides is 2. The third-order valence-electron chi connectivity index (χ3n) is 6.49. The number of hydrogen-bond donors (Lipinski definition) is 1.